The van der Waals surface area contributed by atoms with Crippen molar-refractivity contribution in [2.24, 2.45) is 0 Å². The van der Waals surface area contributed by atoms with Crippen LogP contribution in [-0.4, -0.2) is 56.6 Å². The van der Waals surface area contributed by atoms with Crippen LogP contribution in [0.1, 0.15) is 57.2 Å². The summed E-state index contributed by atoms with van der Waals surface area (Å²) >= 11 is 0. The number of ether oxygens (including phenoxy) is 1. The van der Waals surface area contributed by atoms with E-state index in [1.165, 1.54) is 9.21 Å². The lowest BCUT2D eigenvalue weighted by Gasteiger charge is -2.32. The second-order valence-electron chi connectivity index (χ2n) is 10.5. The lowest BCUT2D eigenvalue weighted by atomic mass is 10.1. The van der Waals surface area contributed by atoms with Gasteiger partial charge in [-0.05, 0) is 88.9 Å². The van der Waals surface area contributed by atoms with Gasteiger partial charge in [-0.25, -0.2) is 8.42 Å². The maximum atomic E-state index is 13.4. The Morgan fingerprint density at radius 1 is 1.05 bits per heavy atom. The molecule has 1 atom stereocenters. The quantitative estimate of drug-likeness (QED) is 0.469. The third-order valence-corrected chi connectivity index (χ3v) is 7.28. The summed E-state index contributed by atoms with van der Waals surface area (Å²) in [5.74, 6) is 0.179. The summed E-state index contributed by atoms with van der Waals surface area (Å²) in [6.07, 6.45) is 1.56. The topological polar surface area (TPSA) is 96.0 Å². The molecular formula is C28H41N3O5S. The number of anilines is 1. The van der Waals surface area contributed by atoms with Gasteiger partial charge < -0.3 is 15.0 Å². The molecule has 37 heavy (non-hydrogen) atoms. The standard InChI is InChI=1S/C28H41N3O5S/c1-20-14-15-24(17-21(20)2)31(37(8,34)35)16-10-13-26(32)30(22(3)27(33)29-28(4,5)6)19-23-11-9-12-25(18-23)36-7/h9,11-12,14-15,17-18,22H,10,13,16,19H2,1-8H3,(H,29,33)/t22-/m0/s1. The van der Waals surface area contributed by atoms with Crippen molar-refractivity contribution in [2.45, 2.75) is 72.5 Å². The molecule has 0 fully saturated rings. The Balaban J connectivity index is 2.23. The molecule has 0 saturated carbocycles. The van der Waals surface area contributed by atoms with Gasteiger partial charge in [-0.3, -0.25) is 13.9 Å². The van der Waals surface area contributed by atoms with Gasteiger partial charge in [0.15, 0.2) is 0 Å². The minimum absolute atomic E-state index is 0.0912. The van der Waals surface area contributed by atoms with E-state index in [4.69, 9.17) is 4.74 Å². The van der Waals surface area contributed by atoms with E-state index in [9.17, 15) is 18.0 Å². The van der Waals surface area contributed by atoms with Crippen LogP contribution >= 0.6 is 0 Å². The van der Waals surface area contributed by atoms with Gasteiger partial charge in [0.2, 0.25) is 21.8 Å². The van der Waals surface area contributed by atoms with Crippen LogP contribution in [0.3, 0.4) is 0 Å². The smallest absolute Gasteiger partial charge is 0.242 e. The number of amides is 2. The van der Waals surface area contributed by atoms with E-state index in [0.29, 0.717) is 17.9 Å². The number of nitrogens with zero attached hydrogens (tertiary/aromatic N) is 2. The Bertz CT molecular complexity index is 1200. The Kier molecular flexibility index (Phi) is 10.1. The van der Waals surface area contributed by atoms with E-state index in [1.807, 2.05) is 71.0 Å². The maximum absolute atomic E-state index is 13.4. The number of sulfonamides is 1. The normalized spacial score (nSPS) is 12.5. The Labute approximate surface area is 222 Å². The molecule has 2 rings (SSSR count). The molecule has 2 amide bonds. The lowest BCUT2D eigenvalue weighted by Crippen LogP contribution is -2.52. The zero-order valence-electron chi connectivity index (χ0n) is 23.3. The van der Waals surface area contributed by atoms with Crippen LogP contribution in [0.2, 0.25) is 0 Å². The van der Waals surface area contributed by atoms with E-state index in [-0.39, 0.29) is 31.3 Å². The fourth-order valence-corrected chi connectivity index (χ4v) is 4.87. The zero-order chi connectivity index (χ0) is 28.0. The molecule has 8 nitrogen and oxygen atoms in total. The largest absolute Gasteiger partial charge is 0.497 e. The number of benzene rings is 2. The zero-order valence-corrected chi connectivity index (χ0v) is 24.1. The van der Waals surface area contributed by atoms with Gasteiger partial charge in [0, 0.05) is 25.0 Å². The van der Waals surface area contributed by atoms with Crippen LogP contribution < -0.4 is 14.4 Å². The van der Waals surface area contributed by atoms with Gasteiger partial charge in [0.25, 0.3) is 0 Å². The summed E-state index contributed by atoms with van der Waals surface area (Å²) in [5.41, 5.74) is 3.02. The maximum Gasteiger partial charge on any atom is 0.242 e. The second kappa shape index (κ2) is 12.4. The van der Waals surface area contributed by atoms with Crippen LogP contribution in [0.5, 0.6) is 5.75 Å². The molecule has 204 valence electrons. The second-order valence-corrected chi connectivity index (χ2v) is 12.4. The van der Waals surface area contributed by atoms with Crippen molar-refractivity contribution in [1.82, 2.24) is 10.2 Å². The van der Waals surface area contributed by atoms with Crippen molar-refractivity contribution in [3.05, 3.63) is 59.2 Å². The number of nitrogens with one attached hydrogen (secondary N) is 1. The monoisotopic (exact) mass is 531 g/mol. The van der Waals surface area contributed by atoms with Gasteiger partial charge in [0.1, 0.15) is 11.8 Å². The molecule has 0 saturated heterocycles. The van der Waals surface area contributed by atoms with Crippen LogP contribution in [0.15, 0.2) is 42.5 Å². The van der Waals surface area contributed by atoms with Crippen LogP contribution in [0, 0.1) is 13.8 Å². The third-order valence-electron chi connectivity index (χ3n) is 6.08. The van der Waals surface area contributed by atoms with Gasteiger partial charge in [-0.2, -0.15) is 0 Å². The van der Waals surface area contributed by atoms with Crippen molar-refractivity contribution in [1.29, 1.82) is 0 Å². The van der Waals surface area contributed by atoms with Gasteiger partial charge >= 0.3 is 0 Å². The third kappa shape index (κ3) is 9.07. The molecule has 0 heterocycles. The predicted molar refractivity (Wildman–Crippen MR) is 148 cm³/mol. The summed E-state index contributed by atoms with van der Waals surface area (Å²) in [4.78, 5) is 27.9. The number of rotatable bonds is 11. The summed E-state index contributed by atoms with van der Waals surface area (Å²) in [7, 11) is -1.97. The van der Waals surface area contributed by atoms with Crippen LogP contribution in [0.4, 0.5) is 5.69 Å². The van der Waals surface area contributed by atoms with E-state index >= 15 is 0 Å². The number of carbonyl (C=O) groups is 2. The first-order valence-corrected chi connectivity index (χ1v) is 14.3. The molecule has 0 unspecified atom stereocenters. The van der Waals surface area contributed by atoms with Gasteiger partial charge in [-0.15, -0.1) is 0 Å². The number of hydrogen-bond donors (Lipinski definition) is 1. The first kappa shape index (κ1) is 30.2. The van der Waals surface area contributed by atoms with Gasteiger partial charge in [0.05, 0.1) is 19.1 Å². The van der Waals surface area contributed by atoms with Crippen molar-refractivity contribution < 1.29 is 22.7 Å². The van der Waals surface area contributed by atoms with Crippen molar-refractivity contribution in [3.8, 4) is 5.75 Å². The molecule has 0 spiro atoms. The average Bonchev–Trinajstić information content (AvgIpc) is 2.80. The van der Waals surface area contributed by atoms with Crippen molar-refractivity contribution in [3.63, 3.8) is 0 Å². The summed E-state index contributed by atoms with van der Waals surface area (Å²) in [5, 5.41) is 2.94. The van der Waals surface area contributed by atoms with Crippen molar-refractivity contribution in [2.75, 3.05) is 24.2 Å². The van der Waals surface area contributed by atoms with E-state index in [1.54, 1.807) is 20.1 Å². The van der Waals surface area contributed by atoms with Gasteiger partial charge in [-0.1, -0.05) is 18.2 Å². The fraction of sp³-hybridized carbons (Fsp3) is 0.500. The lowest BCUT2D eigenvalue weighted by molar-refractivity contribution is -0.141. The Hall–Kier alpha value is -3.07. The van der Waals surface area contributed by atoms with E-state index < -0.39 is 21.6 Å². The highest BCUT2D eigenvalue weighted by atomic mass is 32.2. The van der Waals surface area contributed by atoms with Crippen LogP contribution in [0.25, 0.3) is 0 Å². The average molecular weight is 532 g/mol. The first-order chi connectivity index (χ1) is 17.1. The molecule has 0 aliphatic carbocycles. The van der Waals surface area contributed by atoms with Crippen LogP contribution in [-0.2, 0) is 26.2 Å². The highest BCUT2D eigenvalue weighted by Gasteiger charge is 2.28. The molecule has 2 aromatic carbocycles. The number of carbonyl (C=O) groups excluding carboxylic acids is 2. The Morgan fingerprint density at radius 2 is 1.73 bits per heavy atom. The molecule has 2 aromatic rings. The van der Waals surface area contributed by atoms with E-state index in [0.717, 1.165) is 22.9 Å². The molecule has 0 bridgehead atoms. The van der Waals surface area contributed by atoms with Crippen molar-refractivity contribution >= 4 is 27.5 Å². The molecule has 0 aliphatic heterocycles. The molecule has 0 aromatic heterocycles. The molecule has 0 aliphatic rings. The SMILES string of the molecule is COc1cccc(CN(C(=O)CCCN(c2ccc(C)c(C)c2)S(C)(=O)=O)[C@@H](C)C(=O)NC(C)(C)C)c1. The highest BCUT2D eigenvalue weighted by Crippen LogP contribution is 2.23. The summed E-state index contributed by atoms with van der Waals surface area (Å²) in [6.45, 7) is 11.6. The molecule has 0 radical (unpaired) electrons. The number of hydrogen-bond acceptors (Lipinski definition) is 5. The fourth-order valence-electron chi connectivity index (χ4n) is 3.91. The molecule has 9 heteroatoms. The molecule has 1 N–H and O–H groups in total. The minimum atomic E-state index is -3.54. The summed E-state index contributed by atoms with van der Waals surface area (Å²) < 4.78 is 31.7. The minimum Gasteiger partial charge on any atom is -0.497 e. The Morgan fingerprint density at radius 3 is 2.30 bits per heavy atom. The highest BCUT2D eigenvalue weighted by molar-refractivity contribution is 7.92. The number of methoxy groups -OCH3 is 1. The summed E-state index contributed by atoms with van der Waals surface area (Å²) in [6, 6.07) is 12.2. The number of aryl methyl sites for hydroxylation is 2. The molecular weight excluding hydrogens is 490 g/mol. The first-order valence-electron chi connectivity index (χ1n) is 12.4. The predicted octanol–water partition coefficient (Wildman–Crippen LogP) is 4.19. The van der Waals surface area contributed by atoms with E-state index in [2.05, 4.69) is 5.32 Å².